The number of benzene rings is 1. The van der Waals surface area contributed by atoms with Crippen LogP contribution in [-0.4, -0.2) is 11.7 Å². The van der Waals surface area contributed by atoms with Crippen LogP contribution in [0.4, 0.5) is 0 Å². The molecule has 0 N–H and O–H groups in total. The summed E-state index contributed by atoms with van der Waals surface area (Å²) in [5, 5.41) is 0. The molecule has 1 aromatic carbocycles. The number of hydrogen-bond donors (Lipinski definition) is 0. The Balaban J connectivity index is 1.68. The standard InChI is InChI=1S/C22H32O/c1-17(8-6-10-20-11-7-9-19(3)16-20)12-13-18(2)14-15-21-22(4,5)23-21/h7-9,11,13,16,21H,6,10,12,14-15H2,1-5H3/b17-8+,18-13+. The van der Waals surface area contributed by atoms with Crippen molar-refractivity contribution in [2.45, 2.75) is 78.4 Å². The van der Waals surface area contributed by atoms with E-state index in [1.54, 1.807) is 0 Å². The molecule has 1 heterocycles. The topological polar surface area (TPSA) is 12.5 Å². The number of hydrogen-bond acceptors (Lipinski definition) is 1. The van der Waals surface area contributed by atoms with Crippen molar-refractivity contribution in [3.05, 3.63) is 58.7 Å². The van der Waals surface area contributed by atoms with Crippen LogP contribution in [0.15, 0.2) is 47.6 Å². The third-order valence-electron chi connectivity index (χ3n) is 4.75. The van der Waals surface area contributed by atoms with Crippen molar-refractivity contribution >= 4 is 0 Å². The molecule has 1 nitrogen and oxygen atoms in total. The van der Waals surface area contributed by atoms with Gasteiger partial charge in [0.25, 0.3) is 0 Å². The molecule has 0 radical (unpaired) electrons. The Bertz CT molecular complexity index is 577. The van der Waals surface area contributed by atoms with Crippen LogP contribution in [0.1, 0.15) is 64.5 Å². The second-order valence-corrected chi connectivity index (χ2v) is 7.58. The lowest BCUT2D eigenvalue weighted by Crippen LogP contribution is -2.02. The molecule has 1 unspecified atom stereocenters. The van der Waals surface area contributed by atoms with Crippen molar-refractivity contribution < 1.29 is 4.74 Å². The molecule has 2 rings (SSSR count). The number of aryl methyl sites for hydroxylation is 2. The van der Waals surface area contributed by atoms with Crippen LogP contribution in [-0.2, 0) is 11.2 Å². The molecule has 0 aromatic heterocycles. The Morgan fingerprint density at radius 3 is 2.57 bits per heavy atom. The molecular weight excluding hydrogens is 280 g/mol. The highest BCUT2D eigenvalue weighted by Crippen LogP contribution is 2.38. The van der Waals surface area contributed by atoms with Gasteiger partial charge in [0.05, 0.1) is 11.7 Å². The van der Waals surface area contributed by atoms with Crippen molar-refractivity contribution in [1.82, 2.24) is 0 Å². The SMILES string of the molecule is C/C(=C\CCc1cccc(C)c1)C/C=C(\C)CCC1OC1(C)C. The number of epoxide rings is 1. The Morgan fingerprint density at radius 2 is 1.91 bits per heavy atom. The molecule has 1 aromatic rings. The smallest absolute Gasteiger partial charge is 0.0892 e. The first-order valence-corrected chi connectivity index (χ1v) is 8.91. The maximum absolute atomic E-state index is 5.65. The highest BCUT2D eigenvalue weighted by Gasteiger charge is 2.46. The molecule has 1 aliphatic heterocycles. The number of allylic oxidation sites excluding steroid dienone is 4. The van der Waals surface area contributed by atoms with Gasteiger partial charge in [0.1, 0.15) is 0 Å². The first-order chi connectivity index (χ1) is 10.9. The van der Waals surface area contributed by atoms with E-state index in [-0.39, 0.29) is 5.60 Å². The van der Waals surface area contributed by atoms with E-state index < -0.39 is 0 Å². The van der Waals surface area contributed by atoms with Crippen LogP contribution < -0.4 is 0 Å². The molecule has 1 aliphatic rings. The molecule has 0 bridgehead atoms. The van der Waals surface area contributed by atoms with E-state index in [1.807, 2.05) is 0 Å². The van der Waals surface area contributed by atoms with Crippen molar-refractivity contribution in [3.8, 4) is 0 Å². The van der Waals surface area contributed by atoms with E-state index in [9.17, 15) is 0 Å². The predicted molar refractivity (Wildman–Crippen MR) is 99.8 cm³/mol. The first kappa shape index (κ1) is 18.0. The van der Waals surface area contributed by atoms with Crippen LogP contribution in [0.25, 0.3) is 0 Å². The minimum absolute atomic E-state index is 0.131. The van der Waals surface area contributed by atoms with Gasteiger partial charge in [0.2, 0.25) is 0 Å². The third kappa shape index (κ3) is 6.35. The molecule has 1 saturated heterocycles. The Kier molecular flexibility index (Phi) is 6.24. The molecule has 126 valence electrons. The molecular formula is C22H32O. The van der Waals surface area contributed by atoms with Gasteiger partial charge in [0, 0.05) is 0 Å². The third-order valence-corrected chi connectivity index (χ3v) is 4.75. The molecule has 0 amide bonds. The first-order valence-electron chi connectivity index (χ1n) is 8.91. The molecule has 1 fully saturated rings. The summed E-state index contributed by atoms with van der Waals surface area (Å²) >= 11 is 0. The fourth-order valence-corrected chi connectivity index (χ4v) is 2.97. The van der Waals surface area contributed by atoms with Crippen LogP contribution in [0.5, 0.6) is 0 Å². The quantitative estimate of drug-likeness (QED) is 0.413. The van der Waals surface area contributed by atoms with Crippen LogP contribution in [0.3, 0.4) is 0 Å². The van der Waals surface area contributed by atoms with Gasteiger partial charge in [-0.3, -0.25) is 0 Å². The summed E-state index contributed by atoms with van der Waals surface area (Å²) in [7, 11) is 0. The average molecular weight is 312 g/mol. The van der Waals surface area contributed by atoms with E-state index in [1.165, 1.54) is 22.3 Å². The van der Waals surface area contributed by atoms with Crippen molar-refractivity contribution in [2.24, 2.45) is 0 Å². The maximum Gasteiger partial charge on any atom is 0.0892 e. The summed E-state index contributed by atoms with van der Waals surface area (Å²) in [5.74, 6) is 0. The Morgan fingerprint density at radius 1 is 1.17 bits per heavy atom. The van der Waals surface area contributed by atoms with Gasteiger partial charge >= 0.3 is 0 Å². The van der Waals surface area contributed by atoms with Gasteiger partial charge in [-0.1, -0.05) is 53.1 Å². The van der Waals surface area contributed by atoms with Crippen LogP contribution in [0.2, 0.25) is 0 Å². The Labute approximate surface area is 142 Å². The molecule has 0 spiro atoms. The Hall–Kier alpha value is -1.34. The van der Waals surface area contributed by atoms with Gasteiger partial charge in [-0.15, -0.1) is 0 Å². The highest BCUT2D eigenvalue weighted by atomic mass is 16.6. The second kappa shape index (κ2) is 7.97. The monoisotopic (exact) mass is 312 g/mol. The maximum atomic E-state index is 5.65. The van der Waals surface area contributed by atoms with Crippen molar-refractivity contribution in [1.29, 1.82) is 0 Å². The minimum atomic E-state index is 0.131. The molecule has 0 saturated carbocycles. The van der Waals surface area contributed by atoms with Gasteiger partial charge < -0.3 is 4.74 Å². The van der Waals surface area contributed by atoms with E-state index in [0.29, 0.717) is 6.10 Å². The van der Waals surface area contributed by atoms with Gasteiger partial charge in [0.15, 0.2) is 0 Å². The molecule has 1 atom stereocenters. The molecule has 1 heteroatoms. The van der Waals surface area contributed by atoms with Gasteiger partial charge in [-0.05, 0) is 72.3 Å². The fraction of sp³-hybridized carbons (Fsp3) is 0.545. The van der Waals surface area contributed by atoms with Gasteiger partial charge in [-0.25, -0.2) is 0 Å². The predicted octanol–water partition coefficient (Wildman–Crippen LogP) is 6.17. The largest absolute Gasteiger partial charge is 0.367 e. The lowest BCUT2D eigenvalue weighted by Gasteiger charge is -2.03. The van der Waals surface area contributed by atoms with Crippen LogP contribution >= 0.6 is 0 Å². The van der Waals surface area contributed by atoms with E-state index in [2.05, 4.69) is 71.0 Å². The zero-order valence-corrected chi connectivity index (χ0v) is 15.5. The number of rotatable bonds is 8. The van der Waals surface area contributed by atoms with E-state index in [4.69, 9.17) is 4.74 Å². The molecule has 0 aliphatic carbocycles. The van der Waals surface area contributed by atoms with Crippen molar-refractivity contribution in [2.75, 3.05) is 0 Å². The average Bonchev–Trinajstić information content (AvgIpc) is 3.10. The summed E-state index contributed by atoms with van der Waals surface area (Å²) in [6.07, 6.45) is 10.9. The van der Waals surface area contributed by atoms with E-state index in [0.717, 1.165) is 32.1 Å². The summed E-state index contributed by atoms with van der Waals surface area (Å²) in [6, 6.07) is 8.82. The normalized spacial score (nSPS) is 20.7. The fourth-order valence-electron chi connectivity index (χ4n) is 2.97. The summed E-state index contributed by atoms with van der Waals surface area (Å²) in [6.45, 7) is 11.0. The van der Waals surface area contributed by atoms with Crippen LogP contribution in [0, 0.1) is 6.92 Å². The minimum Gasteiger partial charge on any atom is -0.367 e. The highest BCUT2D eigenvalue weighted by molar-refractivity contribution is 5.22. The summed E-state index contributed by atoms with van der Waals surface area (Å²) in [4.78, 5) is 0. The molecule has 23 heavy (non-hydrogen) atoms. The number of ether oxygens (including phenoxy) is 1. The zero-order chi connectivity index (χ0) is 16.9. The summed E-state index contributed by atoms with van der Waals surface area (Å²) < 4.78 is 5.65. The second-order valence-electron chi connectivity index (χ2n) is 7.58. The lowest BCUT2D eigenvalue weighted by molar-refractivity contribution is 0.320. The summed E-state index contributed by atoms with van der Waals surface area (Å²) in [5.41, 5.74) is 5.88. The van der Waals surface area contributed by atoms with Crippen molar-refractivity contribution in [3.63, 3.8) is 0 Å². The van der Waals surface area contributed by atoms with E-state index >= 15 is 0 Å². The lowest BCUT2D eigenvalue weighted by atomic mass is 10.0. The zero-order valence-electron chi connectivity index (χ0n) is 15.5. The van der Waals surface area contributed by atoms with Gasteiger partial charge in [-0.2, -0.15) is 0 Å².